The van der Waals surface area contributed by atoms with E-state index in [2.05, 4.69) is 6.92 Å². The minimum Gasteiger partial charge on any atom is -0.481 e. The highest BCUT2D eigenvalue weighted by Gasteiger charge is 2.41. The first-order valence-corrected chi connectivity index (χ1v) is 6.45. The zero-order chi connectivity index (χ0) is 10.8. The van der Waals surface area contributed by atoms with Gasteiger partial charge in [-0.25, -0.2) is 0 Å². The van der Waals surface area contributed by atoms with Gasteiger partial charge in [0.2, 0.25) is 0 Å². The monoisotopic (exact) mass is 210 g/mol. The minimum atomic E-state index is -0.552. The highest BCUT2D eigenvalue weighted by Crippen LogP contribution is 2.46. The van der Waals surface area contributed by atoms with E-state index in [-0.39, 0.29) is 5.92 Å². The van der Waals surface area contributed by atoms with Gasteiger partial charge in [0.05, 0.1) is 5.92 Å². The number of carboxylic acid groups (broad SMARTS) is 1. The van der Waals surface area contributed by atoms with E-state index in [1.807, 2.05) is 0 Å². The summed E-state index contributed by atoms with van der Waals surface area (Å²) in [4.78, 5) is 11.0. The van der Waals surface area contributed by atoms with Crippen molar-refractivity contribution in [3.8, 4) is 0 Å². The molecule has 15 heavy (non-hydrogen) atoms. The maximum absolute atomic E-state index is 11.0. The van der Waals surface area contributed by atoms with Crippen LogP contribution >= 0.6 is 0 Å². The number of rotatable bonds is 3. The smallest absolute Gasteiger partial charge is 0.306 e. The van der Waals surface area contributed by atoms with Crippen LogP contribution in [0.3, 0.4) is 0 Å². The van der Waals surface area contributed by atoms with Crippen LogP contribution in [0.1, 0.15) is 51.9 Å². The van der Waals surface area contributed by atoms with Crippen LogP contribution in [0.25, 0.3) is 0 Å². The van der Waals surface area contributed by atoms with Gasteiger partial charge >= 0.3 is 5.97 Å². The highest BCUT2D eigenvalue weighted by molar-refractivity contribution is 5.71. The van der Waals surface area contributed by atoms with Crippen molar-refractivity contribution in [2.45, 2.75) is 51.9 Å². The van der Waals surface area contributed by atoms with E-state index in [0.717, 1.165) is 18.3 Å². The van der Waals surface area contributed by atoms with Gasteiger partial charge in [-0.1, -0.05) is 26.2 Å². The van der Waals surface area contributed by atoms with E-state index in [0.29, 0.717) is 5.92 Å². The van der Waals surface area contributed by atoms with Crippen molar-refractivity contribution < 1.29 is 9.90 Å². The van der Waals surface area contributed by atoms with Gasteiger partial charge < -0.3 is 5.11 Å². The summed E-state index contributed by atoms with van der Waals surface area (Å²) in [6.45, 7) is 2.27. The zero-order valence-corrected chi connectivity index (χ0v) is 9.61. The van der Waals surface area contributed by atoms with E-state index in [9.17, 15) is 4.79 Å². The molecule has 2 unspecified atom stereocenters. The molecule has 0 saturated heterocycles. The van der Waals surface area contributed by atoms with Crippen LogP contribution < -0.4 is 0 Å². The second-order valence-corrected chi connectivity index (χ2v) is 5.37. The van der Waals surface area contributed by atoms with Crippen LogP contribution in [0.2, 0.25) is 0 Å². The molecule has 0 aromatic rings. The van der Waals surface area contributed by atoms with Gasteiger partial charge in [-0.05, 0) is 43.4 Å². The number of carboxylic acids is 1. The van der Waals surface area contributed by atoms with Gasteiger partial charge in [-0.2, -0.15) is 0 Å². The maximum Gasteiger partial charge on any atom is 0.306 e. The molecule has 2 atom stereocenters. The molecule has 0 aromatic carbocycles. The third-order valence-corrected chi connectivity index (χ3v) is 4.72. The van der Waals surface area contributed by atoms with Crippen LogP contribution in [0, 0.1) is 23.7 Å². The summed E-state index contributed by atoms with van der Waals surface area (Å²) in [7, 11) is 0. The average Bonchev–Trinajstić information content (AvgIpc) is 2.16. The Morgan fingerprint density at radius 2 is 1.80 bits per heavy atom. The molecule has 0 heterocycles. The van der Waals surface area contributed by atoms with Crippen LogP contribution in [0.4, 0.5) is 0 Å². The van der Waals surface area contributed by atoms with Crippen LogP contribution in [-0.2, 0) is 4.79 Å². The lowest BCUT2D eigenvalue weighted by Gasteiger charge is -2.42. The van der Waals surface area contributed by atoms with Crippen LogP contribution in [0.5, 0.6) is 0 Å². The van der Waals surface area contributed by atoms with Gasteiger partial charge in [-0.3, -0.25) is 4.79 Å². The van der Waals surface area contributed by atoms with E-state index in [4.69, 9.17) is 5.11 Å². The summed E-state index contributed by atoms with van der Waals surface area (Å²) in [5.74, 6) is 1.60. The summed E-state index contributed by atoms with van der Waals surface area (Å²) < 4.78 is 0. The third kappa shape index (κ3) is 2.19. The van der Waals surface area contributed by atoms with Gasteiger partial charge in [0.15, 0.2) is 0 Å². The number of hydrogen-bond acceptors (Lipinski definition) is 1. The van der Waals surface area contributed by atoms with E-state index in [1.54, 1.807) is 0 Å². The Labute approximate surface area is 92.1 Å². The molecule has 0 spiro atoms. The Morgan fingerprint density at radius 3 is 2.20 bits per heavy atom. The topological polar surface area (TPSA) is 37.3 Å². The first-order chi connectivity index (χ1) is 7.22. The van der Waals surface area contributed by atoms with E-state index >= 15 is 0 Å². The Morgan fingerprint density at radius 1 is 1.13 bits per heavy atom. The molecule has 2 saturated carbocycles. The molecule has 2 rings (SSSR count). The normalized spacial score (nSPS) is 40.9. The number of aliphatic carboxylic acids is 1. The van der Waals surface area contributed by atoms with Crippen molar-refractivity contribution in [1.29, 1.82) is 0 Å². The van der Waals surface area contributed by atoms with Crippen molar-refractivity contribution in [2.24, 2.45) is 23.7 Å². The molecule has 86 valence electrons. The lowest BCUT2D eigenvalue weighted by Crippen LogP contribution is -2.39. The second kappa shape index (κ2) is 4.54. The molecule has 2 aliphatic rings. The first kappa shape index (κ1) is 11.0. The molecule has 2 aliphatic carbocycles. The minimum absolute atomic E-state index is 0.00632. The SMILES string of the molecule is CCC1CCC(C2CCC2C(=O)O)CC1. The van der Waals surface area contributed by atoms with Crippen LogP contribution in [-0.4, -0.2) is 11.1 Å². The average molecular weight is 210 g/mol. The lowest BCUT2D eigenvalue weighted by molar-refractivity contribution is -0.149. The maximum atomic E-state index is 11.0. The quantitative estimate of drug-likeness (QED) is 0.776. The molecule has 0 aromatic heterocycles. The molecule has 0 radical (unpaired) electrons. The Hall–Kier alpha value is -0.530. The summed E-state index contributed by atoms with van der Waals surface area (Å²) in [5, 5.41) is 9.03. The van der Waals surface area contributed by atoms with Crippen molar-refractivity contribution in [3.05, 3.63) is 0 Å². The predicted molar refractivity (Wildman–Crippen MR) is 59.6 cm³/mol. The highest BCUT2D eigenvalue weighted by atomic mass is 16.4. The fraction of sp³-hybridized carbons (Fsp3) is 0.923. The zero-order valence-electron chi connectivity index (χ0n) is 9.61. The van der Waals surface area contributed by atoms with Crippen LogP contribution in [0.15, 0.2) is 0 Å². The summed E-state index contributed by atoms with van der Waals surface area (Å²) in [6, 6.07) is 0. The summed E-state index contributed by atoms with van der Waals surface area (Å²) >= 11 is 0. The lowest BCUT2D eigenvalue weighted by atomic mass is 9.62. The Kier molecular flexibility index (Phi) is 3.32. The molecule has 2 fully saturated rings. The second-order valence-electron chi connectivity index (χ2n) is 5.37. The summed E-state index contributed by atoms with van der Waals surface area (Å²) in [5.41, 5.74) is 0. The van der Waals surface area contributed by atoms with Crippen molar-refractivity contribution in [2.75, 3.05) is 0 Å². The largest absolute Gasteiger partial charge is 0.481 e. The fourth-order valence-corrected chi connectivity index (χ4v) is 3.42. The molecule has 2 heteroatoms. The molecule has 1 N–H and O–H groups in total. The molecular weight excluding hydrogens is 188 g/mol. The number of hydrogen-bond donors (Lipinski definition) is 1. The van der Waals surface area contributed by atoms with Gasteiger partial charge in [0.25, 0.3) is 0 Å². The standard InChI is InChI=1S/C13H22O2/c1-2-9-3-5-10(6-4-9)11-7-8-12(11)13(14)15/h9-12H,2-8H2,1H3,(H,14,15). The molecule has 0 aliphatic heterocycles. The first-order valence-electron chi connectivity index (χ1n) is 6.45. The van der Waals surface area contributed by atoms with Gasteiger partial charge in [0, 0.05) is 0 Å². The summed E-state index contributed by atoms with van der Waals surface area (Å²) in [6.07, 6.45) is 8.64. The molecular formula is C13H22O2. The fourth-order valence-electron chi connectivity index (χ4n) is 3.42. The number of carbonyl (C=O) groups is 1. The van der Waals surface area contributed by atoms with E-state index < -0.39 is 5.97 Å². The Balaban J connectivity index is 1.83. The van der Waals surface area contributed by atoms with Gasteiger partial charge in [-0.15, -0.1) is 0 Å². The van der Waals surface area contributed by atoms with Crippen molar-refractivity contribution >= 4 is 5.97 Å². The molecule has 2 nitrogen and oxygen atoms in total. The molecule has 0 amide bonds. The van der Waals surface area contributed by atoms with E-state index in [1.165, 1.54) is 38.5 Å². The Bertz CT molecular complexity index is 229. The predicted octanol–water partition coefficient (Wildman–Crippen LogP) is 3.31. The van der Waals surface area contributed by atoms with Crippen molar-refractivity contribution in [1.82, 2.24) is 0 Å². The van der Waals surface area contributed by atoms with Gasteiger partial charge in [0.1, 0.15) is 0 Å². The van der Waals surface area contributed by atoms with Crippen molar-refractivity contribution in [3.63, 3.8) is 0 Å². The third-order valence-electron chi connectivity index (χ3n) is 4.72. The molecule has 0 bridgehead atoms.